The van der Waals surface area contributed by atoms with E-state index in [1.54, 1.807) is 0 Å². The molecule has 0 aliphatic carbocycles. The van der Waals surface area contributed by atoms with Crippen LogP contribution in [0.3, 0.4) is 0 Å². The van der Waals surface area contributed by atoms with Crippen LogP contribution in [0.25, 0.3) is 0 Å². The first-order chi connectivity index (χ1) is 8.69. The summed E-state index contributed by atoms with van der Waals surface area (Å²) < 4.78 is 0.855. The molecule has 0 bridgehead atoms. The quantitative estimate of drug-likeness (QED) is 0.787. The smallest absolute Gasteiger partial charge is 0.252 e. The van der Waals surface area contributed by atoms with Gasteiger partial charge in [0.25, 0.3) is 5.91 Å². The number of rotatable bonds is 7. The number of halogens is 1. The molecule has 18 heavy (non-hydrogen) atoms. The Balaban J connectivity index is 2.63. The van der Waals surface area contributed by atoms with Crippen molar-refractivity contribution in [3.8, 4) is 0 Å². The van der Waals surface area contributed by atoms with Crippen molar-refractivity contribution in [1.29, 1.82) is 0 Å². The van der Waals surface area contributed by atoms with Gasteiger partial charge in [0.15, 0.2) is 0 Å². The first kappa shape index (κ1) is 15.2. The summed E-state index contributed by atoms with van der Waals surface area (Å²) in [6.07, 6.45) is 5.56. The van der Waals surface area contributed by atoms with Crippen molar-refractivity contribution in [3.05, 3.63) is 34.3 Å². The molecule has 0 heterocycles. The van der Waals surface area contributed by atoms with E-state index in [0.29, 0.717) is 6.04 Å². The monoisotopic (exact) mass is 311 g/mol. The second kappa shape index (κ2) is 8.30. The molecular weight excluding hydrogens is 290 g/mol. The third kappa shape index (κ3) is 4.81. The molecule has 1 amide bonds. The van der Waals surface area contributed by atoms with E-state index in [4.69, 9.17) is 0 Å². The molecule has 0 saturated carbocycles. The molecule has 0 aliphatic heterocycles. The minimum atomic E-state index is 0.0250. The Hall–Kier alpha value is -0.830. The summed E-state index contributed by atoms with van der Waals surface area (Å²) in [6, 6.07) is 7.86. The van der Waals surface area contributed by atoms with Gasteiger partial charge in [-0.2, -0.15) is 0 Å². The minimum Gasteiger partial charge on any atom is -0.349 e. The Morgan fingerprint density at radius 3 is 2.56 bits per heavy atom. The number of amides is 1. The second-order valence-electron chi connectivity index (χ2n) is 4.58. The first-order valence-corrected chi connectivity index (χ1v) is 7.53. The van der Waals surface area contributed by atoms with Crippen LogP contribution in [0, 0.1) is 0 Å². The lowest BCUT2D eigenvalue weighted by atomic mass is 10.0. The van der Waals surface area contributed by atoms with E-state index in [1.165, 1.54) is 12.8 Å². The SMILES string of the molecule is CCCCC(CCC)NC(=O)c1ccccc1Br. The zero-order valence-electron chi connectivity index (χ0n) is 11.2. The van der Waals surface area contributed by atoms with Gasteiger partial charge in [-0.05, 0) is 40.9 Å². The highest BCUT2D eigenvalue weighted by Gasteiger charge is 2.14. The standard InChI is InChI=1S/C15H22BrNO/c1-3-5-9-12(8-4-2)17-15(18)13-10-6-7-11-14(13)16/h6-7,10-12H,3-5,8-9H2,1-2H3,(H,17,18). The van der Waals surface area contributed by atoms with E-state index in [0.717, 1.165) is 29.3 Å². The number of carbonyl (C=O) groups is 1. The molecular formula is C15H22BrNO. The average molecular weight is 312 g/mol. The Bertz CT molecular complexity index is 379. The summed E-state index contributed by atoms with van der Waals surface area (Å²) in [6.45, 7) is 4.34. The van der Waals surface area contributed by atoms with E-state index in [2.05, 4.69) is 35.1 Å². The maximum Gasteiger partial charge on any atom is 0.252 e. The third-order valence-corrected chi connectivity index (χ3v) is 3.69. The summed E-state index contributed by atoms with van der Waals surface area (Å²) in [4.78, 5) is 12.2. The number of nitrogens with one attached hydrogen (secondary N) is 1. The normalized spacial score (nSPS) is 12.2. The van der Waals surface area contributed by atoms with Crippen LogP contribution in [0.15, 0.2) is 28.7 Å². The van der Waals surface area contributed by atoms with Gasteiger partial charge in [-0.3, -0.25) is 4.79 Å². The van der Waals surface area contributed by atoms with E-state index >= 15 is 0 Å². The maximum absolute atomic E-state index is 12.2. The molecule has 1 rings (SSSR count). The van der Waals surface area contributed by atoms with Crippen molar-refractivity contribution < 1.29 is 4.79 Å². The van der Waals surface area contributed by atoms with Gasteiger partial charge in [-0.1, -0.05) is 45.2 Å². The van der Waals surface area contributed by atoms with E-state index in [9.17, 15) is 4.79 Å². The van der Waals surface area contributed by atoms with Gasteiger partial charge in [-0.15, -0.1) is 0 Å². The zero-order chi connectivity index (χ0) is 13.4. The molecule has 0 radical (unpaired) electrons. The number of benzene rings is 1. The summed E-state index contributed by atoms with van der Waals surface area (Å²) in [7, 11) is 0. The molecule has 0 fully saturated rings. The molecule has 1 atom stereocenters. The van der Waals surface area contributed by atoms with Crippen LogP contribution in [-0.2, 0) is 0 Å². The van der Waals surface area contributed by atoms with Crippen molar-refractivity contribution >= 4 is 21.8 Å². The van der Waals surface area contributed by atoms with Gasteiger partial charge in [0, 0.05) is 10.5 Å². The van der Waals surface area contributed by atoms with Crippen LogP contribution < -0.4 is 5.32 Å². The fraction of sp³-hybridized carbons (Fsp3) is 0.533. The van der Waals surface area contributed by atoms with Crippen molar-refractivity contribution in [3.63, 3.8) is 0 Å². The van der Waals surface area contributed by atoms with Crippen LogP contribution in [0.5, 0.6) is 0 Å². The predicted octanol–water partition coefficient (Wildman–Crippen LogP) is 4.54. The highest BCUT2D eigenvalue weighted by atomic mass is 79.9. The lowest BCUT2D eigenvalue weighted by Crippen LogP contribution is -2.34. The molecule has 0 aliphatic rings. The molecule has 0 spiro atoms. The fourth-order valence-corrected chi connectivity index (χ4v) is 2.46. The van der Waals surface area contributed by atoms with Gasteiger partial charge in [0.2, 0.25) is 0 Å². The van der Waals surface area contributed by atoms with Gasteiger partial charge >= 0.3 is 0 Å². The van der Waals surface area contributed by atoms with Gasteiger partial charge in [-0.25, -0.2) is 0 Å². The van der Waals surface area contributed by atoms with Crippen molar-refractivity contribution in [2.75, 3.05) is 0 Å². The summed E-state index contributed by atoms with van der Waals surface area (Å²) in [5.74, 6) is 0.0250. The highest BCUT2D eigenvalue weighted by Crippen LogP contribution is 2.16. The molecule has 1 aromatic carbocycles. The number of carbonyl (C=O) groups excluding carboxylic acids is 1. The largest absolute Gasteiger partial charge is 0.349 e. The van der Waals surface area contributed by atoms with Crippen molar-refractivity contribution in [2.45, 2.75) is 52.0 Å². The molecule has 1 unspecified atom stereocenters. The van der Waals surface area contributed by atoms with Crippen LogP contribution >= 0.6 is 15.9 Å². The Kier molecular flexibility index (Phi) is 7.02. The van der Waals surface area contributed by atoms with Crippen molar-refractivity contribution in [1.82, 2.24) is 5.32 Å². The highest BCUT2D eigenvalue weighted by molar-refractivity contribution is 9.10. The second-order valence-corrected chi connectivity index (χ2v) is 5.44. The molecule has 1 aromatic rings. The molecule has 2 nitrogen and oxygen atoms in total. The molecule has 3 heteroatoms. The van der Waals surface area contributed by atoms with Crippen molar-refractivity contribution in [2.24, 2.45) is 0 Å². The first-order valence-electron chi connectivity index (χ1n) is 6.74. The van der Waals surface area contributed by atoms with Gasteiger partial charge in [0.05, 0.1) is 5.56 Å². The van der Waals surface area contributed by atoms with Crippen LogP contribution in [-0.4, -0.2) is 11.9 Å². The topological polar surface area (TPSA) is 29.1 Å². The zero-order valence-corrected chi connectivity index (χ0v) is 12.8. The van der Waals surface area contributed by atoms with Crippen LogP contribution in [0.2, 0.25) is 0 Å². The Labute approximate surface area is 118 Å². The molecule has 1 N–H and O–H groups in total. The van der Waals surface area contributed by atoms with E-state index in [-0.39, 0.29) is 5.91 Å². The maximum atomic E-state index is 12.2. The molecule has 0 saturated heterocycles. The summed E-state index contributed by atoms with van der Waals surface area (Å²) in [5.41, 5.74) is 0.718. The molecule has 0 aromatic heterocycles. The summed E-state index contributed by atoms with van der Waals surface area (Å²) in [5, 5.41) is 3.14. The fourth-order valence-electron chi connectivity index (χ4n) is 2.00. The number of hydrogen-bond acceptors (Lipinski definition) is 1. The van der Waals surface area contributed by atoms with Gasteiger partial charge < -0.3 is 5.32 Å². The lowest BCUT2D eigenvalue weighted by Gasteiger charge is -2.18. The predicted molar refractivity (Wildman–Crippen MR) is 79.8 cm³/mol. The van der Waals surface area contributed by atoms with E-state index in [1.807, 2.05) is 24.3 Å². The third-order valence-electron chi connectivity index (χ3n) is 3.00. The minimum absolute atomic E-state index is 0.0250. The van der Waals surface area contributed by atoms with Crippen LogP contribution in [0.4, 0.5) is 0 Å². The number of hydrogen-bond donors (Lipinski definition) is 1. The average Bonchev–Trinajstić information content (AvgIpc) is 2.36. The lowest BCUT2D eigenvalue weighted by molar-refractivity contribution is 0.0931. The van der Waals surface area contributed by atoms with E-state index < -0.39 is 0 Å². The number of unbranched alkanes of at least 4 members (excludes halogenated alkanes) is 1. The van der Waals surface area contributed by atoms with Crippen LogP contribution in [0.1, 0.15) is 56.3 Å². The summed E-state index contributed by atoms with van der Waals surface area (Å²) >= 11 is 3.42. The Morgan fingerprint density at radius 1 is 1.22 bits per heavy atom. The van der Waals surface area contributed by atoms with Gasteiger partial charge in [0.1, 0.15) is 0 Å². The molecule has 100 valence electrons. The Morgan fingerprint density at radius 2 is 1.94 bits per heavy atom.